The average Bonchev–Trinajstić information content (AvgIpc) is 3.11. The number of nitrogens with two attached hydrogens (primary N) is 1. The molecule has 0 saturated heterocycles. The lowest BCUT2D eigenvalue weighted by Crippen LogP contribution is -2.09. The number of halogens is 1. The van der Waals surface area contributed by atoms with Crippen LogP contribution in [0.5, 0.6) is 0 Å². The van der Waals surface area contributed by atoms with Crippen LogP contribution in [0.25, 0.3) is 0 Å². The lowest BCUT2D eigenvalue weighted by Gasteiger charge is -2.14. The van der Waals surface area contributed by atoms with Gasteiger partial charge in [0.25, 0.3) is 0 Å². The Balaban J connectivity index is 1.89. The monoisotopic (exact) mass is 307 g/mol. The molecular formula is C14H18FN5S. The Labute approximate surface area is 127 Å². The molecule has 0 aliphatic heterocycles. The van der Waals surface area contributed by atoms with Crippen LogP contribution < -0.4 is 5.73 Å². The molecular weight excluding hydrogens is 289 g/mol. The van der Waals surface area contributed by atoms with Crippen molar-refractivity contribution >= 4 is 11.8 Å². The minimum absolute atomic E-state index is 0.237. The zero-order valence-corrected chi connectivity index (χ0v) is 12.7. The number of hydrogen-bond donors (Lipinski definition) is 1. The molecule has 1 aliphatic rings. The largest absolute Gasteiger partial charge is 0.324 e. The van der Waals surface area contributed by atoms with Gasteiger partial charge in [0.1, 0.15) is 5.82 Å². The van der Waals surface area contributed by atoms with Gasteiger partial charge in [0.15, 0.2) is 0 Å². The van der Waals surface area contributed by atoms with Crippen LogP contribution in [0.4, 0.5) is 4.39 Å². The molecule has 0 bridgehead atoms. The Morgan fingerprint density at radius 1 is 1.38 bits per heavy atom. The molecule has 1 fully saturated rings. The summed E-state index contributed by atoms with van der Waals surface area (Å²) in [6.07, 6.45) is 4.66. The van der Waals surface area contributed by atoms with Gasteiger partial charge in [-0.25, -0.2) is 9.07 Å². The lowest BCUT2D eigenvalue weighted by molar-refractivity contribution is 0.423. The van der Waals surface area contributed by atoms with Crippen molar-refractivity contribution in [3.05, 3.63) is 29.6 Å². The third-order valence-electron chi connectivity index (χ3n) is 3.80. The van der Waals surface area contributed by atoms with E-state index in [4.69, 9.17) is 5.73 Å². The van der Waals surface area contributed by atoms with Crippen molar-refractivity contribution in [1.29, 1.82) is 0 Å². The smallest absolute Gasteiger partial charge is 0.214 e. The van der Waals surface area contributed by atoms with Crippen LogP contribution in [0, 0.1) is 5.82 Å². The normalized spacial score (nSPS) is 17.3. The van der Waals surface area contributed by atoms with Gasteiger partial charge >= 0.3 is 0 Å². The zero-order chi connectivity index (χ0) is 14.8. The molecule has 7 heteroatoms. The Morgan fingerprint density at radius 2 is 2.14 bits per heavy atom. The van der Waals surface area contributed by atoms with Crippen LogP contribution in [-0.2, 0) is 0 Å². The Kier molecular flexibility index (Phi) is 4.21. The molecule has 0 radical (unpaired) electrons. The highest BCUT2D eigenvalue weighted by molar-refractivity contribution is 7.99. The first-order chi connectivity index (χ1) is 10.1. The van der Waals surface area contributed by atoms with E-state index in [1.807, 2.05) is 11.6 Å². The molecule has 5 nitrogen and oxygen atoms in total. The SMILES string of the molecule is CC(N)c1cc(F)ccc1Sc1nnnn1C1CCCC1. The molecule has 2 N–H and O–H groups in total. The molecule has 112 valence electrons. The fourth-order valence-corrected chi connectivity index (χ4v) is 3.75. The van der Waals surface area contributed by atoms with E-state index in [2.05, 4.69) is 15.5 Å². The summed E-state index contributed by atoms with van der Waals surface area (Å²) in [5.74, 6) is -0.276. The second kappa shape index (κ2) is 6.11. The topological polar surface area (TPSA) is 69.6 Å². The van der Waals surface area contributed by atoms with Gasteiger partial charge in [-0.2, -0.15) is 0 Å². The van der Waals surface area contributed by atoms with Crippen molar-refractivity contribution in [3.63, 3.8) is 0 Å². The van der Waals surface area contributed by atoms with Crippen molar-refractivity contribution in [1.82, 2.24) is 20.2 Å². The van der Waals surface area contributed by atoms with E-state index >= 15 is 0 Å². The van der Waals surface area contributed by atoms with Gasteiger partial charge < -0.3 is 5.73 Å². The fraction of sp³-hybridized carbons (Fsp3) is 0.500. The first kappa shape index (κ1) is 14.5. The molecule has 1 aliphatic carbocycles. The van der Waals surface area contributed by atoms with Crippen molar-refractivity contribution in [2.24, 2.45) is 5.73 Å². The molecule has 0 amide bonds. The summed E-state index contributed by atoms with van der Waals surface area (Å²) in [7, 11) is 0. The van der Waals surface area contributed by atoms with E-state index < -0.39 is 0 Å². The van der Waals surface area contributed by atoms with Gasteiger partial charge in [-0.3, -0.25) is 0 Å². The van der Waals surface area contributed by atoms with Crippen LogP contribution in [0.2, 0.25) is 0 Å². The van der Waals surface area contributed by atoms with E-state index in [1.165, 1.54) is 36.7 Å². The molecule has 21 heavy (non-hydrogen) atoms. The fourth-order valence-electron chi connectivity index (χ4n) is 2.70. The van der Waals surface area contributed by atoms with Crippen LogP contribution in [0.1, 0.15) is 50.3 Å². The van der Waals surface area contributed by atoms with Crippen molar-refractivity contribution in [2.45, 2.75) is 54.7 Å². The van der Waals surface area contributed by atoms with Crippen LogP contribution >= 0.6 is 11.8 Å². The van der Waals surface area contributed by atoms with Gasteiger partial charge in [0, 0.05) is 10.9 Å². The number of tetrazole rings is 1. The van der Waals surface area contributed by atoms with E-state index in [9.17, 15) is 4.39 Å². The van der Waals surface area contributed by atoms with E-state index in [0.717, 1.165) is 28.5 Å². The quantitative estimate of drug-likeness (QED) is 0.940. The molecule has 2 aromatic rings. The molecule has 1 saturated carbocycles. The summed E-state index contributed by atoms with van der Waals surface area (Å²) in [5.41, 5.74) is 6.71. The van der Waals surface area contributed by atoms with Crippen LogP contribution in [0.3, 0.4) is 0 Å². The first-order valence-electron chi connectivity index (χ1n) is 7.16. The summed E-state index contributed by atoms with van der Waals surface area (Å²) in [6, 6.07) is 4.81. The van der Waals surface area contributed by atoms with E-state index in [-0.39, 0.29) is 11.9 Å². The highest BCUT2D eigenvalue weighted by Gasteiger charge is 2.22. The number of hydrogen-bond acceptors (Lipinski definition) is 5. The van der Waals surface area contributed by atoms with Crippen LogP contribution in [-0.4, -0.2) is 20.2 Å². The third-order valence-corrected chi connectivity index (χ3v) is 4.84. The van der Waals surface area contributed by atoms with Crippen molar-refractivity contribution < 1.29 is 4.39 Å². The van der Waals surface area contributed by atoms with Crippen LogP contribution in [0.15, 0.2) is 28.3 Å². The predicted octanol–water partition coefficient (Wildman–Crippen LogP) is 3.10. The number of nitrogens with zero attached hydrogens (tertiary/aromatic N) is 4. The van der Waals surface area contributed by atoms with Crippen molar-refractivity contribution in [2.75, 3.05) is 0 Å². The minimum atomic E-state index is -0.276. The Morgan fingerprint density at radius 3 is 2.86 bits per heavy atom. The van der Waals surface area contributed by atoms with Gasteiger partial charge in [-0.05, 0) is 65.7 Å². The molecule has 1 aromatic carbocycles. The molecule has 1 atom stereocenters. The molecule has 1 heterocycles. The highest BCUT2D eigenvalue weighted by atomic mass is 32.2. The highest BCUT2D eigenvalue weighted by Crippen LogP contribution is 2.36. The van der Waals surface area contributed by atoms with Gasteiger partial charge in [-0.1, -0.05) is 12.8 Å². The Bertz CT molecular complexity index is 622. The van der Waals surface area contributed by atoms with Crippen molar-refractivity contribution in [3.8, 4) is 0 Å². The first-order valence-corrected chi connectivity index (χ1v) is 7.97. The van der Waals surface area contributed by atoms with E-state index in [0.29, 0.717) is 6.04 Å². The second-order valence-electron chi connectivity index (χ2n) is 5.42. The third kappa shape index (κ3) is 3.08. The number of rotatable bonds is 4. The van der Waals surface area contributed by atoms with Gasteiger partial charge in [-0.15, -0.1) is 5.10 Å². The summed E-state index contributed by atoms with van der Waals surface area (Å²) in [6.45, 7) is 1.85. The zero-order valence-electron chi connectivity index (χ0n) is 11.9. The Hall–Kier alpha value is -1.47. The summed E-state index contributed by atoms with van der Waals surface area (Å²) < 4.78 is 15.3. The second-order valence-corrected chi connectivity index (χ2v) is 6.43. The minimum Gasteiger partial charge on any atom is -0.324 e. The summed E-state index contributed by atoms with van der Waals surface area (Å²) in [4.78, 5) is 0.903. The standard InChI is InChI=1S/C14H18FN5S/c1-9(16)12-8-10(15)6-7-13(12)21-14-17-18-19-20(14)11-4-2-3-5-11/h6-9,11H,2-5,16H2,1H3. The maximum Gasteiger partial charge on any atom is 0.214 e. The molecule has 1 unspecified atom stereocenters. The summed E-state index contributed by atoms with van der Waals surface area (Å²) >= 11 is 1.45. The maximum atomic E-state index is 13.4. The molecule has 1 aromatic heterocycles. The molecule has 0 spiro atoms. The number of benzene rings is 1. The average molecular weight is 307 g/mol. The van der Waals surface area contributed by atoms with Gasteiger partial charge in [0.2, 0.25) is 5.16 Å². The maximum absolute atomic E-state index is 13.4. The molecule has 3 rings (SSSR count). The predicted molar refractivity (Wildman–Crippen MR) is 78.4 cm³/mol. The van der Waals surface area contributed by atoms with Gasteiger partial charge in [0.05, 0.1) is 6.04 Å². The lowest BCUT2D eigenvalue weighted by atomic mass is 10.1. The number of aromatic nitrogens is 4. The summed E-state index contributed by atoms with van der Waals surface area (Å²) in [5, 5.41) is 12.8. The van der Waals surface area contributed by atoms with E-state index in [1.54, 1.807) is 6.07 Å².